The summed E-state index contributed by atoms with van der Waals surface area (Å²) in [4.78, 5) is 11.9. The zero-order valence-corrected chi connectivity index (χ0v) is 7.08. The largest absolute Gasteiger partial charge is 0.478 e. The molecule has 11 heavy (non-hydrogen) atoms. The molecule has 0 aliphatic carbocycles. The fourth-order valence-corrected chi connectivity index (χ4v) is 0.673. The zero-order valence-electron chi connectivity index (χ0n) is 7.08. The van der Waals surface area contributed by atoms with Crippen LogP contribution in [0.15, 0.2) is 12.3 Å². The average molecular weight is 157 g/mol. The molecule has 0 bridgehead atoms. The molecule has 0 aliphatic rings. The topological polar surface area (TPSA) is 40.5 Å². The second kappa shape index (κ2) is 5.77. The molecule has 0 spiro atoms. The molecule has 3 nitrogen and oxygen atoms in total. The van der Waals surface area contributed by atoms with Crippen LogP contribution in [0.2, 0.25) is 0 Å². The molecule has 0 aliphatic heterocycles. The molecule has 0 unspecified atom stereocenters. The van der Waals surface area contributed by atoms with Crippen LogP contribution in [-0.2, 0) is 4.79 Å². The number of unbranched alkanes of at least 4 members (excludes halogenated alkanes) is 1. The van der Waals surface area contributed by atoms with E-state index >= 15 is 0 Å². The highest BCUT2D eigenvalue weighted by atomic mass is 16.4. The Kier molecular flexibility index (Phi) is 5.25. The van der Waals surface area contributed by atoms with Gasteiger partial charge in [0.15, 0.2) is 0 Å². The second-order valence-corrected chi connectivity index (χ2v) is 2.49. The Bertz CT molecular complexity index is 143. The summed E-state index contributed by atoms with van der Waals surface area (Å²) in [6, 6.07) is 0. The summed E-state index contributed by atoms with van der Waals surface area (Å²) in [5, 5.41) is 8.27. The van der Waals surface area contributed by atoms with E-state index in [4.69, 9.17) is 5.11 Å². The minimum absolute atomic E-state index is 0.895. The monoisotopic (exact) mass is 157 g/mol. The number of rotatable bonds is 5. The van der Waals surface area contributed by atoms with Gasteiger partial charge in [0.2, 0.25) is 0 Å². The standard InChI is InChI=1S/C8H15NO2/c1-3-4-6-9(2)7-5-8(10)11/h5,7H,3-4,6H2,1-2H3,(H,10,11). The van der Waals surface area contributed by atoms with Gasteiger partial charge in [-0.15, -0.1) is 0 Å². The van der Waals surface area contributed by atoms with E-state index in [1.807, 2.05) is 11.9 Å². The molecule has 0 aromatic carbocycles. The second-order valence-electron chi connectivity index (χ2n) is 2.49. The van der Waals surface area contributed by atoms with Crippen molar-refractivity contribution in [2.45, 2.75) is 19.8 Å². The highest BCUT2D eigenvalue weighted by Crippen LogP contribution is 1.91. The number of carboxylic acid groups (broad SMARTS) is 1. The van der Waals surface area contributed by atoms with E-state index < -0.39 is 5.97 Å². The van der Waals surface area contributed by atoms with Crippen LogP contribution in [0.25, 0.3) is 0 Å². The molecule has 3 heteroatoms. The number of carboxylic acids is 1. The number of hydrogen-bond donors (Lipinski definition) is 1. The Morgan fingerprint density at radius 3 is 2.73 bits per heavy atom. The van der Waals surface area contributed by atoms with Gasteiger partial charge in [0.1, 0.15) is 0 Å². The molecular formula is C8H15NO2. The lowest BCUT2D eigenvalue weighted by atomic mass is 10.3. The van der Waals surface area contributed by atoms with Gasteiger partial charge in [-0.3, -0.25) is 0 Å². The molecule has 0 rings (SSSR count). The van der Waals surface area contributed by atoms with E-state index in [0.717, 1.165) is 25.5 Å². The molecule has 0 saturated carbocycles. The Hall–Kier alpha value is -0.990. The van der Waals surface area contributed by atoms with E-state index in [-0.39, 0.29) is 0 Å². The van der Waals surface area contributed by atoms with Gasteiger partial charge in [0, 0.05) is 25.9 Å². The van der Waals surface area contributed by atoms with Crippen molar-refractivity contribution >= 4 is 5.97 Å². The first-order valence-corrected chi connectivity index (χ1v) is 3.78. The van der Waals surface area contributed by atoms with Crippen LogP contribution in [0.4, 0.5) is 0 Å². The maximum Gasteiger partial charge on any atom is 0.329 e. The Labute approximate surface area is 67.3 Å². The van der Waals surface area contributed by atoms with Crippen molar-refractivity contribution in [1.29, 1.82) is 0 Å². The normalized spacial score (nSPS) is 10.4. The van der Waals surface area contributed by atoms with Crippen LogP contribution >= 0.6 is 0 Å². The minimum atomic E-state index is -0.895. The first kappa shape index (κ1) is 10.0. The molecule has 0 amide bonds. The lowest BCUT2D eigenvalue weighted by Gasteiger charge is -2.11. The van der Waals surface area contributed by atoms with Gasteiger partial charge in [0.05, 0.1) is 0 Å². The molecule has 0 radical (unpaired) electrons. The summed E-state index contributed by atoms with van der Waals surface area (Å²) in [6.07, 6.45) is 4.96. The van der Waals surface area contributed by atoms with Crippen molar-refractivity contribution < 1.29 is 9.90 Å². The molecule has 0 aromatic rings. The number of nitrogens with zero attached hydrogens (tertiary/aromatic N) is 1. The van der Waals surface area contributed by atoms with Crippen molar-refractivity contribution in [3.05, 3.63) is 12.3 Å². The minimum Gasteiger partial charge on any atom is -0.478 e. The lowest BCUT2D eigenvalue weighted by molar-refractivity contribution is -0.131. The van der Waals surface area contributed by atoms with Crippen LogP contribution in [-0.4, -0.2) is 29.6 Å². The lowest BCUT2D eigenvalue weighted by Crippen LogP contribution is -2.12. The van der Waals surface area contributed by atoms with E-state index in [0.29, 0.717) is 0 Å². The first-order chi connectivity index (χ1) is 5.16. The van der Waals surface area contributed by atoms with Gasteiger partial charge >= 0.3 is 5.97 Å². The van der Waals surface area contributed by atoms with Gasteiger partial charge in [-0.2, -0.15) is 0 Å². The summed E-state index contributed by atoms with van der Waals surface area (Å²) in [5.41, 5.74) is 0. The van der Waals surface area contributed by atoms with Crippen LogP contribution in [0.5, 0.6) is 0 Å². The highest BCUT2D eigenvalue weighted by molar-refractivity contribution is 5.79. The molecule has 0 saturated heterocycles. The summed E-state index contributed by atoms with van der Waals surface area (Å²) < 4.78 is 0. The van der Waals surface area contributed by atoms with Crippen LogP contribution in [0, 0.1) is 0 Å². The molecular weight excluding hydrogens is 142 g/mol. The van der Waals surface area contributed by atoms with Crippen molar-refractivity contribution in [2.24, 2.45) is 0 Å². The fraction of sp³-hybridized carbons (Fsp3) is 0.625. The SMILES string of the molecule is CCCCN(C)C=CC(=O)O. The Morgan fingerprint density at radius 2 is 2.27 bits per heavy atom. The maximum atomic E-state index is 10.1. The van der Waals surface area contributed by atoms with E-state index in [9.17, 15) is 4.79 Å². The third-order valence-electron chi connectivity index (χ3n) is 1.34. The molecule has 0 heterocycles. The van der Waals surface area contributed by atoms with E-state index in [1.165, 1.54) is 0 Å². The third-order valence-corrected chi connectivity index (χ3v) is 1.34. The van der Waals surface area contributed by atoms with E-state index in [2.05, 4.69) is 6.92 Å². The molecule has 1 N–H and O–H groups in total. The van der Waals surface area contributed by atoms with Gasteiger partial charge in [-0.05, 0) is 6.42 Å². The molecule has 0 atom stereocenters. The van der Waals surface area contributed by atoms with Crippen LogP contribution in [0.3, 0.4) is 0 Å². The number of carbonyl (C=O) groups is 1. The predicted octanol–water partition coefficient (Wildman–Crippen LogP) is 1.32. The van der Waals surface area contributed by atoms with Gasteiger partial charge in [-0.1, -0.05) is 13.3 Å². The van der Waals surface area contributed by atoms with Crippen LogP contribution in [0.1, 0.15) is 19.8 Å². The van der Waals surface area contributed by atoms with Crippen LogP contribution < -0.4 is 0 Å². The fourth-order valence-electron chi connectivity index (χ4n) is 0.673. The molecule has 0 fully saturated rings. The highest BCUT2D eigenvalue weighted by Gasteiger charge is 1.90. The zero-order chi connectivity index (χ0) is 8.69. The number of hydrogen-bond acceptors (Lipinski definition) is 2. The van der Waals surface area contributed by atoms with Crippen molar-refractivity contribution in [1.82, 2.24) is 4.90 Å². The Balaban J connectivity index is 3.50. The van der Waals surface area contributed by atoms with E-state index in [1.54, 1.807) is 6.20 Å². The van der Waals surface area contributed by atoms with Gasteiger partial charge in [0.25, 0.3) is 0 Å². The predicted molar refractivity (Wildman–Crippen MR) is 44.3 cm³/mol. The Morgan fingerprint density at radius 1 is 1.64 bits per heavy atom. The summed E-state index contributed by atoms with van der Waals surface area (Å²) in [6.45, 7) is 3.02. The molecule has 0 aromatic heterocycles. The first-order valence-electron chi connectivity index (χ1n) is 3.78. The number of aliphatic carboxylic acids is 1. The summed E-state index contributed by atoms with van der Waals surface area (Å²) >= 11 is 0. The van der Waals surface area contributed by atoms with Crippen molar-refractivity contribution in [2.75, 3.05) is 13.6 Å². The summed E-state index contributed by atoms with van der Waals surface area (Å²) in [5.74, 6) is -0.895. The van der Waals surface area contributed by atoms with Gasteiger partial charge < -0.3 is 10.0 Å². The average Bonchev–Trinajstić information content (AvgIpc) is 1.97. The van der Waals surface area contributed by atoms with Crippen molar-refractivity contribution in [3.63, 3.8) is 0 Å². The van der Waals surface area contributed by atoms with Crippen molar-refractivity contribution in [3.8, 4) is 0 Å². The summed E-state index contributed by atoms with van der Waals surface area (Å²) in [7, 11) is 1.87. The molecule has 64 valence electrons. The quantitative estimate of drug-likeness (QED) is 0.612. The smallest absolute Gasteiger partial charge is 0.329 e. The van der Waals surface area contributed by atoms with Gasteiger partial charge in [-0.25, -0.2) is 4.79 Å². The third kappa shape index (κ3) is 6.90. The maximum absolute atomic E-state index is 10.1.